The number of aliphatic imine (C=N–C) groups is 1. The topological polar surface area (TPSA) is 54.4 Å². The number of amides is 1. The van der Waals surface area contributed by atoms with Crippen molar-refractivity contribution in [3.8, 4) is 0 Å². The van der Waals surface area contributed by atoms with E-state index in [0.29, 0.717) is 18.2 Å². The molecule has 4 nitrogen and oxygen atoms in total. The van der Waals surface area contributed by atoms with E-state index < -0.39 is 0 Å². The zero-order valence-corrected chi connectivity index (χ0v) is 14.6. The summed E-state index contributed by atoms with van der Waals surface area (Å²) in [4.78, 5) is 21.1. The normalized spacial score (nSPS) is 18.0. The first-order valence-corrected chi connectivity index (χ1v) is 9.28. The van der Waals surface area contributed by atoms with Gasteiger partial charge in [-0.2, -0.15) is 0 Å². The number of thiazole rings is 1. The Morgan fingerprint density at radius 3 is 3.00 bits per heavy atom. The van der Waals surface area contributed by atoms with Gasteiger partial charge in [-0.25, -0.2) is 4.98 Å². The molecule has 2 aromatic rings. The number of likely N-dealkylation sites (N-methyl/N-ethyl adjacent to an activating group) is 1. The van der Waals surface area contributed by atoms with Crippen molar-refractivity contribution in [2.75, 3.05) is 12.3 Å². The number of nitrogens with one attached hydrogen (secondary N) is 1. The van der Waals surface area contributed by atoms with Gasteiger partial charge in [-0.3, -0.25) is 9.79 Å². The molecule has 0 spiro atoms. The second-order valence-electron chi connectivity index (χ2n) is 5.56. The van der Waals surface area contributed by atoms with Gasteiger partial charge in [0, 0.05) is 12.3 Å². The van der Waals surface area contributed by atoms with Crippen molar-refractivity contribution in [2.45, 2.75) is 32.7 Å². The van der Waals surface area contributed by atoms with Crippen LogP contribution in [-0.4, -0.2) is 34.3 Å². The molecule has 1 aromatic carbocycles. The minimum atomic E-state index is -0.279. The highest BCUT2D eigenvalue weighted by Gasteiger charge is 2.26. The van der Waals surface area contributed by atoms with E-state index in [1.807, 2.05) is 6.92 Å². The molecule has 0 bridgehead atoms. The fourth-order valence-electron chi connectivity index (χ4n) is 2.31. The van der Waals surface area contributed by atoms with Gasteiger partial charge in [-0.1, -0.05) is 19.9 Å². The van der Waals surface area contributed by atoms with Crippen LogP contribution >= 0.6 is 23.1 Å². The highest BCUT2D eigenvalue weighted by molar-refractivity contribution is 8.15. The predicted molar refractivity (Wildman–Crippen MR) is 95.2 cm³/mol. The van der Waals surface area contributed by atoms with Crippen LogP contribution in [0.1, 0.15) is 37.3 Å². The summed E-state index contributed by atoms with van der Waals surface area (Å²) in [5, 5.41) is 4.65. The highest BCUT2D eigenvalue weighted by Crippen LogP contribution is 2.31. The van der Waals surface area contributed by atoms with E-state index in [-0.39, 0.29) is 11.9 Å². The van der Waals surface area contributed by atoms with Gasteiger partial charge in [0.2, 0.25) is 5.91 Å². The van der Waals surface area contributed by atoms with Crippen LogP contribution in [-0.2, 0) is 4.79 Å². The number of carbonyl (C=O) groups excluding carboxylic acids is 1. The van der Waals surface area contributed by atoms with Gasteiger partial charge < -0.3 is 5.32 Å². The molecule has 6 heteroatoms. The maximum atomic E-state index is 11.9. The molecule has 1 atom stereocenters. The Labute approximate surface area is 138 Å². The summed E-state index contributed by atoms with van der Waals surface area (Å²) in [6.45, 7) is 6.95. The number of fused-ring (bicyclic) bond motifs is 1. The maximum absolute atomic E-state index is 11.9. The molecule has 2 heterocycles. The summed E-state index contributed by atoms with van der Waals surface area (Å²) in [5.41, 5.74) is 2.33. The summed E-state index contributed by atoms with van der Waals surface area (Å²) in [5.74, 6) is 1.22. The Morgan fingerprint density at radius 2 is 2.27 bits per heavy atom. The molecule has 22 heavy (non-hydrogen) atoms. The van der Waals surface area contributed by atoms with Crippen molar-refractivity contribution >= 4 is 44.3 Å². The summed E-state index contributed by atoms with van der Waals surface area (Å²) in [7, 11) is 0. The molecule has 0 radical (unpaired) electrons. The molecular weight excluding hydrogens is 314 g/mol. The van der Waals surface area contributed by atoms with Gasteiger partial charge in [-0.05, 0) is 30.5 Å². The fraction of sp³-hybridized carbons (Fsp3) is 0.438. The van der Waals surface area contributed by atoms with Gasteiger partial charge >= 0.3 is 0 Å². The zero-order valence-electron chi connectivity index (χ0n) is 12.9. The van der Waals surface area contributed by atoms with Crippen LogP contribution in [0.4, 0.5) is 0 Å². The third kappa shape index (κ3) is 3.03. The van der Waals surface area contributed by atoms with Crippen LogP contribution < -0.4 is 5.32 Å². The van der Waals surface area contributed by atoms with Gasteiger partial charge in [0.15, 0.2) is 0 Å². The average molecular weight is 333 g/mol. The quantitative estimate of drug-likeness (QED) is 0.933. The lowest BCUT2D eigenvalue weighted by Crippen LogP contribution is -2.33. The van der Waals surface area contributed by atoms with Crippen molar-refractivity contribution in [2.24, 2.45) is 4.99 Å². The number of benzene rings is 1. The molecule has 0 fully saturated rings. The fourth-order valence-corrected chi connectivity index (χ4v) is 4.43. The van der Waals surface area contributed by atoms with E-state index in [0.717, 1.165) is 15.6 Å². The largest absolute Gasteiger partial charge is 0.354 e. The van der Waals surface area contributed by atoms with Crippen LogP contribution in [0.15, 0.2) is 23.2 Å². The second-order valence-corrected chi connectivity index (χ2v) is 7.60. The molecule has 1 aromatic heterocycles. The Hall–Kier alpha value is -1.40. The van der Waals surface area contributed by atoms with Crippen LogP contribution in [0.2, 0.25) is 0 Å². The van der Waals surface area contributed by atoms with E-state index in [1.165, 1.54) is 10.3 Å². The number of carbonyl (C=O) groups is 1. The summed E-state index contributed by atoms with van der Waals surface area (Å²) in [6.07, 6.45) is 0. The Balaban J connectivity index is 1.87. The SMILES string of the molecule is CCNC(=O)C1CSC(c2nc3ccc(C(C)C)cc3s2)=N1. The van der Waals surface area contributed by atoms with E-state index in [1.54, 1.807) is 23.1 Å². The monoisotopic (exact) mass is 333 g/mol. The first kappa shape index (κ1) is 15.5. The Bertz CT molecular complexity index is 736. The van der Waals surface area contributed by atoms with Crippen LogP contribution in [0, 0.1) is 0 Å². The van der Waals surface area contributed by atoms with Gasteiger partial charge in [0.1, 0.15) is 16.1 Å². The van der Waals surface area contributed by atoms with Gasteiger partial charge in [-0.15, -0.1) is 23.1 Å². The zero-order chi connectivity index (χ0) is 15.7. The third-order valence-electron chi connectivity index (χ3n) is 3.57. The van der Waals surface area contributed by atoms with E-state index >= 15 is 0 Å². The van der Waals surface area contributed by atoms with Crippen LogP contribution in [0.3, 0.4) is 0 Å². The molecular formula is C16H19N3OS2. The standard InChI is InChI=1S/C16H19N3OS2/c1-4-17-14(20)12-8-21-15(19-12)16-18-11-6-5-10(9(2)3)7-13(11)22-16/h5-7,9,12H,4,8H2,1-3H3,(H,17,20). The summed E-state index contributed by atoms with van der Waals surface area (Å²) in [6, 6.07) is 6.14. The van der Waals surface area contributed by atoms with Crippen molar-refractivity contribution in [1.82, 2.24) is 10.3 Å². The van der Waals surface area contributed by atoms with Gasteiger partial charge in [0.25, 0.3) is 0 Å². The van der Waals surface area contributed by atoms with E-state index in [9.17, 15) is 4.79 Å². The number of hydrogen-bond acceptors (Lipinski definition) is 5. The molecule has 0 aliphatic carbocycles. The first-order chi connectivity index (χ1) is 10.6. The Morgan fingerprint density at radius 1 is 1.45 bits per heavy atom. The summed E-state index contributed by atoms with van der Waals surface area (Å²) < 4.78 is 1.19. The average Bonchev–Trinajstić information content (AvgIpc) is 3.13. The lowest BCUT2D eigenvalue weighted by Gasteiger charge is -2.04. The van der Waals surface area contributed by atoms with Crippen LogP contribution in [0.5, 0.6) is 0 Å². The highest BCUT2D eigenvalue weighted by atomic mass is 32.2. The molecule has 1 amide bonds. The number of hydrogen-bond donors (Lipinski definition) is 1. The molecule has 3 rings (SSSR count). The molecule has 1 aliphatic heterocycles. The smallest absolute Gasteiger partial charge is 0.245 e. The van der Waals surface area contributed by atoms with E-state index in [4.69, 9.17) is 0 Å². The van der Waals surface area contributed by atoms with Crippen molar-refractivity contribution in [3.63, 3.8) is 0 Å². The summed E-state index contributed by atoms with van der Waals surface area (Å²) >= 11 is 3.28. The van der Waals surface area contributed by atoms with Crippen molar-refractivity contribution in [1.29, 1.82) is 0 Å². The number of rotatable bonds is 4. The van der Waals surface area contributed by atoms with E-state index in [2.05, 4.69) is 47.3 Å². The van der Waals surface area contributed by atoms with Crippen molar-refractivity contribution in [3.05, 3.63) is 28.8 Å². The Kier molecular flexibility index (Phi) is 4.49. The molecule has 0 saturated carbocycles. The first-order valence-electron chi connectivity index (χ1n) is 7.47. The lowest BCUT2D eigenvalue weighted by molar-refractivity contribution is -0.121. The molecule has 1 unspecified atom stereocenters. The number of nitrogens with zero attached hydrogens (tertiary/aromatic N) is 2. The molecule has 0 saturated heterocycles. The van der Waals surface area contributed by atoms with Gasteiger partial charge in [0.05, 0.1) is 10.2 Å². The van der Waals surface area contributed by atoms with Crippen molar-refractivity contribution < 1.29 is 4.79 Å². The number of aromatic nitrogens is 1. The lowest BCUT2D eigenvalue weighted by atomic mass is 10.0. The second kappa shape index (κ2) is 6.38. The molecule has 1 N–H and O–H groups in total. The maximum Gasteiger partial charge on any atom is 0.245 e. The van der Waals surface area contributed by atoms with Crippen LogP contribution in [0.25, 0.3) is 10.2 Å². The minimum absolute atomic E-state index is 0.00760. The predicted octanol–water partition coefficient (Wildman–Crippen LogP) is 3.42. The number of thioether (sulfide) groups is 1. The minimum Gasteiger partial charge on any atom is -0.354 e. The molecule has 116 valence electrons. The third-order valence-corrected chi connectivity index (χ3v) is 5.78. The molecule has 1 aliphatic rings.